The van der Waals surface area contributed by atoms with Gasteiger partial charge in [0.1, 0.15) is 5.75 Å². The third-order valence-electron chi connectivity index (χ3n) is 4.74. The second kappa shape index (κ2) is 7.84. The lowest BCUT2D eigenvalue weighted by molar-refractivity contribution is -0.121. The Morgan fingerprint density at radius 3 is 2.92 bits per heavy atom. The van der Waals surface area contributed by atoms with Gasteiger partial charge in [-0.25, -0.2) is 0 Å². The van der Waals surface area contributed by atoms with Crippen molar-refractivity contribution in [3.8, 4) is 5.75 Å². The summed E-state index contributed by atoms with van der Waals surface area (Å²) in [6.45, 7) is 3.78. The van der Waals surface area contributed by atoms with Crippen molar-refractivity contribution in [1.82, 2.24) is 19.8 Å². The van der Waals surface area contributed by atoms with Crippen LogP contribution in [0.1, 0.15) is 13.3 Å². The molecule has 1 amide bonds. The molecule has 8 heteroatoms. The van der Waals surface area contributed by atoms with Crippen molar-refractivity contribution in [2.75, 3.05) is 26.7 Å². The minimum absolute atomic E-state index is 0.0961. The molecule has 1 fully saturated rings. The van der Waals surface area contributed by atoms with E-state index in [9.17, 15) is 14.7 Å². The maximum absolute atomic E-state index is 12.3. The number of aliphatic hydroxyl groups excluding tert-OH is 1. The first kappa shape index (κ1) is 18.3. The van der Waals surface area contributed by atoms with E-state index >= 15 is 0 Å². The quantitative estimate of drug-likeness (QED) is 0.778. The van der Waals surface area contributed by atoms with E-state index in [0.717, 1.165) is 17.6 Å². The van der Waals surface area contributed by atoms with Crippen molar-refractivity contribution in [2.45, 2.75) is 32.0 Å². The number of aliphatic hydroxyl groups is 1. The average molecular weight is 360 g/mol. The van der Waals surface area contributed by atoms with E-state index in [4.69, 9.17) is 4.74 Å². The number of fused-ring (bicyclic) bond motifs is 1. The summed E-state index contributed by atoms with van der Waals surface area (Å²) in [6.07, 6.45) is 1.69. The van der Waals surface area contributed by atoms with E-state index in [1.54, 1.807) is 23.9 Å². The first-order valence-electron chi connectivity index (χ1n) is 8.69. The normalized spacial score (nSPS) is 20.9. The number of methoxy groups -OCH3 is 1. The van der Waals surface area contributed by atoms with Gasteiger partial charge in [-0.05, 0) is 12.5 Å². The van der Waals surface area contributed by atoms with Gasteiger partial charge in [0.25, 0.3) is 5.56 Å². The van der Waals surface area contributed by atoms with Gasteiger partial charge in [0.2, 0.25) is 5.91 Å². The van der Waals surface area contributed by atoms with E-state index in [1.165, 1.54) is 13.0 Å². The van der Waals surface area contributed by atoms with Crippen LogP contribution in [0.2, 0.25) is 0 Å². The van der Waals surface area contributed by atoms with Crippen molar-refractivity contribution in [1.29, 1.82) is 0 Å². The highest BCUT2D eigenvalue weighted by atomic mass is 16.5. The number of piperidine rings is 1. The van der Waals surface area contributed by atoms with Gasteiger partial charge in [0.05, 0.1) is 36.5 Å². The van der Waals surface area contributed by atoms with Crippen LogP contribution in [0.5, 0.6) is 5.75 Å². The summed E-state index contributed by atoms with van der Waals surface area (Å²) in [4.78, 5) is 29.9. The van der Waals surface area contributed by atoms with E-state index in [2.05, 4.69) is 15.2 Å². The predicted octanol–water partition coefficient (Wildman–Crippen LogP) is -0.0236. The molecule has 140 valence electrons. The SMILES string of the molecule is COc1cnc2ccc(=O)n(CCN3CC[C@@H](NC(C)=O)[C@@H](O)C3)c2c1. The highest BCUT2D eigenvalue weighted by molar-refractivity contribution is 5.75. The number of likely N-dealkylation sites (tertiary alicyclic amines) is 1. The summed E-state index contributed by atoms with van der Waals surface area (Å²) in [5.74, 6) is 0.467. The van der Waals surface area contributed by atoms with Crippen molar-refractivity contribution in [2.24, 2.45) is 0 Å². The zero-order chi connectivity index (χ0) is 18.7. The molecular weight excluding hydrogens is 336 g/mol. The van der Waals surface area contributed by atoms with Gasteiger partial charge in [-0.1, -0.05) is 0 Å². The van der Waals surface area contributed by atoms with Crippen LogP contribution in [-0.4, -0.2) is 64.4 Å². The summed E-state index contributed by atoms with van der Waals surface area (Å²) < 4.78 is 6.89. The maximum atomic E-state index is 12.3. The molecule has 2 aromatic rings. The van der Waals surface area contributed by atoms with E-state index in [-0.39, 0.29) is 17.5 Å². The topological polar surface area (TPSA) is 96.7 Å². The first-order valence-corrected chi connectivity index (χ1v) is 8.69. The molecule has 0 radical (unpaired) electrons. The third kappa shape index (κ3) is 4.03. The molecule has 2 N–H and O–H groups in total. The highest BCUT2D eigenvalue weighted by Gasteiger charge is 2.28. The molecule has 2 aromatic heterocycles. The molecule has 3 heterocycles. The van der Waals surface area contributed by atoms with Crippen LogP contribution < -0.4 is 15.6 Å². The van der Waals surface area contributed by atoms with Crippen LogP contribution in [0, 0.1) is 0 Å². The van der Waals surface area contributed by atoms with Crippen molar-refractivity contribution >= 4 is 16.9 Å². The molecule has 0 aliphatic carbocycles. The Balaban J connectivity index is 1.71. The lowest BCUT2D eigenvalue weighted by Gasteiger charge is -2.36. The van der Waals surface area contributed by atoms with Crippen LogP contribution in [0.15, 0.2) is 29.2 Å². The van der Waals surface area contributed by atoms with Crippen LogP contribution in [0.25, 0.3) is 11.0 Å². The molecule has 0 saturated carbocycles. The van der Waals surface area contributed by atoms with E-state index in [0.29, 0.717) is 31.8 Å². The first-order chi connectivity index (χ1) is 12.5. The van der Waals surface area contributed by atoms with Gasteiger partial charge in [-0.3, -0.25) is 19.5 Å². The molecule has 1 aliphatic rings. The summed E-state index contributed by atoms with van der Waals surface area (Å²) in [6, 6.07) is 4.81. The summed E-state index contributed by atoms with van der Waals surface area (Å²) in [5, 5.41) is 13.0. The lowest BCUT2D eigenvalue weighted by atomic mass is 10.0. The number of nitrogens with one attached hydrogen (secondary N) is 1. The molecule has 0 unspecified atom stereocenters. The number of nitrogens with zero attached hydrogens (tertiary/aromatic N) is 3. The Labute approximate surface area is 151 Å². The monoisotopic (exact) mass is 360 g/mol. The molecule has 2 atom stereocenters. The largest absolute Gasteiger partial charge is 0.495 e. The average Bonchev–Trinajstić information content (AvgIpc) is 2.62. The molecule has 1 aliphatic heterocycles. The molecule has 0 aromatic carbocycles. The van der Waals surface area contributed by atoms with Gasteiger partial charge < -0.3 is 19.7 Å². The highest BCUT2D eigenvalue weighted by Crippen LogP contribution is 2.17. The number of hydrogen-bond donors (Lipinski definition) is 2. The van der Waals surface area contributed by atoms with Crippen LogP contribution in [0.3, 0.4) is 0 Å². The van der Waals surface area contributed by atoms with Crippen LogP contribution in [-0.2, 0) is 11.3 Å². The van der Waals surface area contributed by atoms with E-state index in [1.807, 2.05) is 6.07 Å². The number of rotatable bonds is 5. The molecule has 26 heavy (non-hydrogen) atoms. The van der Waals surface area contributed by atoms with Crippen molar-refractivity contribution in [3.05, 3.63) is 34.7 Å². The number of pyridine rings is 2. The van der Waals surface area contributed by atoms with Crippen molar-refractivity contribution < 1.29 is 14.6 Å². The zero-order valence-electron chi connectivity index (χ0n) is 15.0. The van der Waals surface area contributed by atoms with Gasteiger partial charge in [-0.2, -0.15) is 0 Å². The summed E-state index contributed by atoms with van der Waals surface area (Å²) >= 11 is 0. The van der Waals surface area contributed by atoms with E-state index < -0.39 is 6.10 Å². The predicted molar refractivity (Wildman–Crippen MR) is 97.2 cm³/mol. The van der Waals surface area contributed by atoms with Gasteiger partial charge in [-0.15, -0.1) is 0 Å². The number of aromatic nitrogens is 2. The molecule has 3 rings (SSSR count). The Bertz CT molecular complexity index is 851. The Kier molecular flexibility index (Phi) is 5.53. The van der Waals surface area contributed by atoms with Crippen LogP contribution in [0.4, 0.5) is 0 Å². The summed E-state index contributed by atoms with van der Waals surface area (Å²) in [5.41, 5.74) is 1.36. The fourth-order valence-corrected chi connectivity index (χ4v) is 3.36. The lowest BCUT2D eigenvalue weighted by Crippen LogP contribution is -2.54. The fraction of sp³-hybridized carbons (Fsp3) is 0.500. The Morgan fingerprint density at radius 2 is 2.23 bits per heavy atom. The van der Waals surface area contributed by atoms with Gasteiger partial charge in [0, 0.05) is 45.2 Å². The third-order valence-corrected chi connectivity index (χ3v) is 4.74. The second-order valence-corrected chi connectivity index (χ2v) is 6.57. The minimum atomic E-state index is -0.612. The molecule has 0 bridgehead atoms. The Hall–Kier alpha value is -2.45. The standard InChI is InChI=1S/C18H24N4O4/c1-12(23)20-15-5-6-21(11-17(15)24)7-8-22-16-9-13(26-2)10-19-14(16)3-4-18(22)25/h3-4,9-10,15,17,24H,5-8,11H2,1-2H3,(H,20,23)/t15-,17+/m1/s1. The minimum Gasteiger partial charge on any atom is -0.495 e. The maximum Gasteiger partial charge on any atom is 0.251 e. The van der Waals surface area contributed by atoms with Crippen LogP contribution >= 0.6 is 0 Å². The van der Waals surface area contributed by atoms with Crippen molar-refractivity contribution in [3.63, 3.8) is 0 Å². The number of carbonyl (C=O) groups excluding carboxylic acids is 1. The summed E-state index contributed by atoms with van der Waals surface area (Å²) in [7, 11) is 1.56. The van der Waals surface area contributed by atoms with Gasteiger partial charge in [0.15, 0.2) is 0 Å². The fourth-order valence-electron chi connectivity index (χ4n) is 3.36. The second-order valence-electron chi connectivity index (χ2n) is 6.57. The zero-order valence-corrected chi connectivity index (χ0v) is 15.0. The number of β-amino-alcohol motifs (C(OH)–C–C–N with tert-alkyl or cyclic N) is 1. The van der Waals surface area contributed by atoms with Gasteiger partial charge >= 0.3 is 0 Å². The number of carbonyl (C=O) groups is 1. The number of ether oxygens (including phenoxy) is 1. The molecular formula is C18H24N4O4. The Morgan fingerprint density at radius 1 is 1.42 bits per heavy atom. The smallest absolute Gasteiger partial charge is 0.251 e. The number of amides is 1. The molecule has 8 nitrogen and oxygen atoms in total. The molecule has 1 saturated heterocycles. The number of hydrogen-bond acceptors (Lipinski definition) is 6. The molecule has 0 spiro atoms.